The van der Waals surface area contributed by atoms with Crippen molar-refractivity contribution in [3.8, 4) is 35.5 Å². The average Bonchev–Trinajstić information content (AvgIpc) is 1.45. The third-order valence-electron chi connectivity index (χ3n) is 14.0. The molecule has 10 aromatic rings. The summed E-state index contributed by atoms with van der Waals surface area (Å²) >= 11 is 14.7. The normalized spacial score (nSPS) is 11.0. The van der Waals surface area contributed by atoms with E-state index in [1.165, 1.54) is 29.5 Å². The molecule has 101 heavy (non-hydrogen) atoms. The van der Waals surface area contributed by atoms with Gasteiger partial charge in [0.05, 0.1) is 26.9 Å². The summed E-state index contributed by atoms with van der Waals surface area (Å²) in [5, 5.41) is 0.763. The number of furan rings is 3. The number of hydrogen-bond acceptors (Lipinski definition) is 7. The first-order chi connectivity index (χ1) is 47.3. The quantitative estimate of drug-likeness (QED) is 0.116. The molecule has 0 aliphatic carbocycles. The van der Waals surface area contributed by atoms with Gasteiger partial charge in [-0.25, -0.2) is 0 Å². The van der Waals surface area contributed by atoms with Gasteiger partial charge in [0.25, 0.3) is 0 Å². The standard InChI is InChI=1S/2C16H16O.C15H13BrO.C9H9ClF3N.2C9H10F3N.C8H10ClN/c1-12(2)16-11-10-15(17-16)9-8-14-6-4-13(3)5-7-14;1-12(2)16-10-9-15(17-16)8-7-14-6-4-5-13(3)11-14;1-11(2)15-10-9-14(17-15)8-5-12-3-6-13(16)7-4-12;1-5(2)8-7(10)3-6(4-14-8)9(11,12)13;1-6(2)8-4-3-7(5-13-8)9(10,11)12;1-6(2)7-3-4-8(13-5-7)9(10,11)12;1-6(2)8-4-3-7(9)5-10-8/h4-7,10-12H,1-3H3;4-6,9-12H,1-3H3;3-4,6-7,9-11H,1-2H3;3-5H,1-2H3;2*3-6H,1-2H3;3-6H,1-2H3. The lowest BCUT2D eigenvalue weighted by atomic mass is 10.1. The first kappa shape index (κ1) is 84.6. The fraction of sp³-hybridized carbons (Fsp3) is 0.317. The molecule has 0 amide bonds. The maximum atomic E-state index is 12.2. The van der Waals surface area contributed by atoms with Gasteiger partial charge in [-0.15, -0.1) is 0 Å². The monoisotopic (exact) mass is 1490 g/mol. The van der Waals surface area contributed by atoms with E-state index in [-0.39, 0.29) is 22.8 Å². The first-order valence-corrected chi connectivity index (χ1v) is 34.0. The highest BCUT2D eigenvalue weighted by Crippen LogP contribution is 2.34. The molecule has 0 unspecified atom stereocenters. The summed E-state index contributed by atoms with van der Waals surface area (Å²) in [6, 6.07) is 45.6. The lowest BCUT2D eigenvalue weighted by Gasteiger charge is -2.10. The number of benzene rings is 3. The molecular formula is C82H84BrCl2F9N4O3. The molecule has 0 N–H and O–H groups in total. The molecule has 0 aliphatic heterocycles. The Labute approximate surface area is 607 Å². The highest BCUT2D eigenvalue weighted by molar-refractivity contribution is 9.10. The molecule has 0 aliphatic rings. The summed E-state index contributed by atoms with van der Waals surface area (Å²) in [4.78, 5) is 14.9. The summed E-state index contributed by atoms with van der Waals surface area (Å²) in [5.74, 6) is 25.6. The predicted molar refractivity (Wildman–Crippen MR) is 391 cm³/mol. The minimum atomic E-state index is -4.38. The molecule has 0 bridgehead atoms. The van der Waals surface area contributed by atoms with Crippen LogP contribution in [0.4, 0.5) is 39.5 Å². The molecule has 0 saturated heterocycles. The van der Waals surface area contributed by atoms with Crippen molar-refractivity contribution in [2.45, 2.75) is 171 Å². The first-order valence-electron chi connectivity index (χ1n) is 32.4. The molecule has 7 aromatic heterocycles. The van der Waals surface area contributed by atoms with Gasteiger partial charge in [-0.3, -0.25) is 19.9 Å². The van der Waals surface area contributed by atoms with Crippen LogP contribution in [0.2, 0.25) is 10.0 Å². The smallest absolute Gasteiger partial charge is 0.433 e. The molecule has 7 nitrogen and oxygen atoms in total. The van der Waals surface area contributed by atoms with Crippen molar-refractivity contribution in [3.63, 3.8) is 0 Å². The van der Waals surface area contributed by atoms with E-state index in [9.17, 15) is 39.5 Å². The van der Waals surface area contributed by atoms with E-state index in [1.807, 2.05) is 139 Å². The zero-order valence-electron chi connectivity index (χ0n) is 59.3. The van der Waals surface area contributed by atoms with E-state index in [1.54, 1.807) is 6.20 Å². The van der Waals surface area contributed by atoms with Crippen molar-refractivity contribution in [2.75, 3.05) is 0 Å². The van der Waals surface area contributed by atoms with Crippen molar-refractivity contribution in [1.82, 2.24) is 19.9 Å². The Bertz CT molecular complexity index is 4140. The van der Waals surface area contributed by atoms with E-state index in [4.69, 9.17) is 36.5 Å². The van der Waals surface area contributed by atoms with Crippen molar-refractivity contribution in [1.29, 1.82) is 0 Å². The van der Waals surface area contributed by atoms with Gasteiger partial charge in [0.15, 0.2) is 17.3 Å². The second-order valence-corrected chi connectivity index (χ2v) is 26.9. The molecular weight excluding hydrogens is 1410 g/mol. The van der Waals surface area contributed by atoms with Crippen LogP contribution in [0.5, 0.6) is 0 Å². The number of aryl methyl sites for hydroxylation is 2. The van der Waals surface area contributed by atoms with Crippen molar-refractivity contribution >= 4 is 39.1 Å². The van der Waals surface area contributed by atoms with E-state index in [0.29, 0.717) is 40.1 Å². The molecule has 0 saturated carbocycles. The van der Waals surface area contributed by atoms with Gasteiger partial charge in [-0.1, -0.05) is 190 Å². The average molecular weight is 1500 g/mol. The molecule has 534 valence electrons. The van der Waals surface area contributed by atoms with Gasteiger partial charge in [-0.2, -0.15) is 39.5 Å². The van der Waals surface area contributed by atoms with Crippen molar-refractivity contribution in [3.05, 3.63) is 293 Å². The lowest BCUT2D eigenvalue weighted by Crippen LogP contribution is -2.07. The molecule has 7 heterocycles. The van der Waals surface area contributed by atoms with Crippen LogP contribution in [0.25, 0.3) is 0 Å². The largest absolute Gasteiger partial charge is 0.452 e. The molecule has 3 aromatic carbocycles. The number of pyridine rings is 4. The minimum Gasteiger partial charge on any atom is -0.452 e. The maximum Gasteiger partial charge on any atom is 0.433 e. The van der Waals surface area contributed by atoms with Crippen LogP contribution in [0.1, 0.15) is 240 Å². The summed E-state index contributed by atoms with van der Waals surface area (Å²) in [6.07, 6.45) is -8.38. The topological polar surface area (TPSA) is 91.0 Å². The zero-order chi connectivity index (χ0) is 75.4. The SMILES string of the molecule is CC(C)c1ccc(C#Cc2ccc(Br)cc2)o1.CC(C)c1ccc(C(F)(F)F)cn1.CC(C)c1ccc(C(F)(F)F)nc1.CC(C)c1ccc(Cl)cn1.CC(C)c1ncc(C(F)(F)F)cc1Cl.Cc1ccc(C#Cc2ccc(C(C)C)o2)cc1.Cc1cccc(C#Cc2ccc(C(C)C)o2)c1. The van der Waals surface area contributed by atoms with Crippen LogP contribution >= 0.6 is 39.1 Å². The van der Waals surface area contributed by atoms with E-state index >= 15 is 0 Å². The Morgan fingerprint density at radius 3 is 1.16 bits per heavy atom. The van der Waals surface area contributed by atoms with Crippen LogP contribution in [-0.4, -0.2) is 19.9 Å². The molecule has 10 rings (SSSR count). The number of nitrogens with zero attached hydrogens (tertiary/aromatic N) is 4. The lowest BCUT2D eigenvalue weighted by molar-refractivity contribution is -0.141. The van der Waals surface area contributed by atoms with Gasteiger partial charge in [0, 0.05) is 75.1 Å². The summed E-state index contributed by atoms with van der Waals surface area (Å²) in [7, 11) is 0. The van der Waals surface area contributed by atoms with Crippen molar-refractivity contribution in [2.24, 2.45) is 0 Å². The second kappa shape index (κ2) is 40.6. The Morgan fingerprint density at radius 2 is 0.812 bits per heavy atom. The van der Waals surface area contributed by atoms with Crippen molar-refractivity contribution < 1.29 is 52.8 Å². The predicted octanol–water partition coefficient (Wildman–Crippen LogP) is 26.0. The van der Waals surface area contributed by atoms with E-state index < -0.39 is 35.3 Å². The molecule has 0 atom stereocenters. The number of rotatable bonds is 7. The summed E-state index contributed by atoms with van der Waals surface area (Å²) < 4.78 is 127. The Hall–Kier alpha value is -8.79. The van der Waals surface area contributed by atoms with E-state index in [2.05, 4.69) is 165 Å². The van der Waals surface area contributed by atoms with Gasteiger partial charge in [-0.05, 0) is 188 Å². The van der Waals surface area contributed by atoms with E-state index in [0.717, 1.165) is 97.6 Å². The Kier molecular flexibility index (Phi) is 34.0. The maximum absolute atomic E-state index is 12.2. The third-order valence-corrected chi connectivity index (χ3v) is 15.1. The fourth-order valence-electron chi connectivity index (χ4n) is 8.07. The fourth-order valence-corrected chi connectivity index (χ4v) is 8.83. The van der Waals surface area contributed by atoms with Crippen LogP contribution < -0.4 is 0 Å². The second-order valence-electron chi connectivity index (χ2n) is 25.1. The molecule has 0 fully saturated rings. The number of hydrogen-bond donors (Lipinski definition) is 0. The van der Waals surface area contributed by atoms with Crippen LogP contribution in [-0.2, 0) is 18.5 Å². The minimum absolute atomic E-state index is 0.0183. The number of aromatic nitrogens is 4. The van der Waals surface area contributed by atoms with Gasteiger partial charge in [0.2, 0.25) is 0 Å². The molecule has 0 radical (unpaired) electrons. The summed E-state index contributed by atoms with van der Waals surface area (Å²) in [5.41, 5.74) is 6.20. The van der Waals surface area contributed by atoms with Gasteiger partial charge in [0.1, 0.15) is 23.0 Å². The van der Waals surface area contributed by atoms with Crippen LogP contribution in [0.3, 0.4) is 0 Å². The highest BCUT2D eigenvalue weighted by atomic mass is 79.9. The molecule has 19 heteroatoms. The third kappa shape index (κ3) is 31.3. The number of halogens is 12. The van der Waals surface area contributed by atoms with Crippen LogP contribution in [0, 0.1) is 49.4 Å². The number of alkyl halides is 9. The summed E-state index contributed by atoms with van der Waals surface area (Å²) in [6.45, 7) is 32.2. The van der Waals surface area contributed by atoms with Gasteiger partial charge < -0.3 is 13.3 Å². The highest BCUT2D eigenvalue weighted by Gasteiger charge is 2.33. The Balaban J connectivity index is 0.000000251. The van der Waals surface area contributed by atoms with Gasteiger partial charge >= 0.3 is 18.5 Å². The van der Waals surface area contributed by atoms with Crippen LogP contribution in [0.15, 0.2) is 194 Å². The molecule has 0 spiro atoms. The zero-order valence-corrected chi connectivity index (χ0v) is 62.4. The Morgan fingerprint density at radius 1 is 0.366 bits per heavy atom.